The molecule has 0 N–H and O–H groups in total. The number of hydrogen-bond donors (Lipinski definition) is 0. The summed E-state index contributed by atoms with van der Waals surface area (Å²) < 4.78 is 5.39. The number of hydrogen-bond acceptors (Lipinski definition) is 2. The second-order valence-electron chi connectivity index (χ2n) is 5.16. The van der Waals surface area contributed by atoms with Crippen LogP contribution in [0.5, 0.6) is 0 Å². The molecule has 0 saturated carbocycles. The first kappa shape index (κ1) is 15.2. The molecule has 1 rings (SSSR count). The Bertz CT molecular complexity index is 265. The van der Waals surface area contributed by atoms with Crippen molar-refractivity contribution >= 4 is 5.91 Å². The summed E-state index contributed by atoms with van der Waals surface area (Å²) in [6.07, 6.45) is 6.75. The van der Waals surface area contributed by atoms with Crippen molar-refractivity contribution in [2.75, 3.05) is 19.8 Å². The van der Waals surface area contributed by atoms with Gasteiger partial charge in [-0.1, -0.05) is 19.9 Å². The van der Waals surface area contributed by atoms with Crippen molar-refractivity contribution in [2.24, 2.45) is 5.92 Å². The van der Waals surface area contributed by atoms with Gasteiger partial charge < -0.3 is 9.64 Å². The van der Waals surface area contributed by atoms with E-state index in [1.54, 1.807) is 0 Å². The summed E-state index contributed by atoms with van der Waals surface area (Å²) in [5.74, 6) is 0.773. The summed E-state index contributed by atoms with van der Waals surface area (Å²) in [7, 11) is 0. The second-order valence-corrected chi connectivity index (χ2v) is 5.16. The average Bonchev–Trinajstić information content (AvgIpc) is 2.84. The number of allylic oxidation sites excluding steroid dienone is 1. The molecule has 1 fully saturated rings. The normalized spacial score (nSPS) is 21.0. The first-order valence-corrected chi connectivity index (χ1v) is 7.18. The van der Waals surface area contributed by atoms with E-state index in [1.165, 1.54) is 0 Å². The third-order valence-electron chi connectivity index (χ3n) is 3.62. The van der Waals surface area contributed by atoms with E-state index in [2.05, 4.69) is 25.3 Å². The van der Waals surface area contributed by atoms with Gasteiger partial charge in [0.1, 0.15) is 0 Å². The van der Waals surface area contributed by atoms with E-state index in [4.69, 9.17) is 4.74 Å². The van der Waals surface area contributed by atoms with Gasteiger partial charge in [0.25, 0.3) is 0 Å². The van der Waals surface area contributed by atoms with E-state index in [0.29, 0.717) is 25.0 Å². The molecule has 0 aromatic rings. The Balaban J connectivity index is 2.38. The van der Waals surface area contributed by atoms with Gasteiger partial charge in [-0.05, 0) is 31.6 Å². The fraction of sp³-hybridized carbons (Fsp3) is 0.800. The molecule has 0 aromatic carbocycles. The summed E-state index contributed by atoms with van der Waals surface area (Å²) in [5, 5.41) is 0. The number of rotatable bonds is 8. The van der Waals surface area contributed by atoms with Gasteiger partial charge in [-0.2, -0.15) is 0 Å². The molecule has 0 bridgehead atoms. The third-order valence-corrected chi connectivity index (χ3v) is 3.62. The highest BCUT2D eigenvalue weighted by Gasteiger charge is 2.31. The lowest BCUT2D eigenvalue weighted by Gasteiger charge is -2.29. The summed E-state index contributed by atoms with van der Waals surface area (Å²) in [6, 6.07) is 0.404. The van der Waals surface area contributed by atoms with Crippen LogP contribution in [0.4, 0.5) is 0 Å². The van der Waals surface area contributed by atoms with E-state index < -0.39 is 0 Å². The molecule has 3 heteroatoms. The molecule has 1 aliphatic rings. The van der Waals surface area contributed by atoms with Gasteiger partial charge in [0.05, 0.1) is 13.0 Å². The smallest absolute Gasteiger partial charge is 0.225 e. The minimum Gasteiger partial charge on any atom is -0.381 e. The summed E-state index contributed by atoms with van der Waals surface area (Å²) in [5.41, 5.74) is 0. The molecule has 1 aliphatic heterocycles. The Morgan fingerprint density at radius 1 is 1.56 bits per heavy atom. The fourth-order valence-corrected chi connectivity index (χ4v) is 2.66. The molecule has 0 spiro atoms. The topological polar surface area (TPSA) is 29.5 Å². The fourth-order valence-electron chi connectivity index (χ4n) is 2.66. The Hall–Kier alpha value is -0.830. The molecule has 0 radical (unpaired) electrons. The van der Waals surface area contributed by atoms with E-state index in [9.17, 15) is 4.79 Å². The van der Waals surface area contributed by atoms with E-state index >= 15 is 0 Å². The van der Waals surface area contributed by atoms with Gasteiger partial charge in [-0.3, -0.25) is 4.79 Å². The largest absolute Gasteiger partial charge is 0.381 e. The van der Waals surface area contributed by atoms with Crippen molar-refractivity contribution in [1.29, 1.82) is 0 Å². The molecule has 1 heterocycles. The first-order valence-electron chi connectivity index (χ1n) is 7.18. The maximum absolute atomic E-state index is 12.1. The first-order chi connectivity index (χ1) is 8.70. The minimum atomic E-state index is 0.254. The zero-order valence-corrected chi connectivity index (χ0v) is 11.9. The number of nitrogens with zero attached hydrogens (tertiary/aromatic N) is 1. The minimum absolute atomic E-state index is 0.254. The molecule has 1 amide bonds. The number of carbonyl (C=O) groups excluding carboxylic acids is 1. The van der Waals surface area contributed by atoms with Crippen molar-refractivity contribution in [2.45, 2.75) is 52.0 Å². The highest BCUT2D eigenvalue weighted by atomic mass is 16.5. The van der Waals surface area contributed by atoms with Crippen molar-refractivity contribution in [3.8, 4) is 0 Å². The zero-order valence-electron chi connectivity index (χ0n) is 11.9. The van der Waals surface area contributed by atoms with E-state index in [-0.39, 0.29) is 5.91 Å². The van der Waals surface area contributed by atoms with Gasteiger partial charge in [-0.15, -0.1) is 6.58 Å². The molecule has 2 unspecified atom stereocenters. The van der Waals surface area contributed by atoms with Crippen LogP contribution in [0.25, 0.3) is 0 Å². The van der Waals surface area contributed by atoms with Crippen LogP contribution >= 0.6 is 0 Å². The van der Waals surface area contributed by atoms with Crippen molar-refractivity contribution in [3.63, 3.8) is 0 Å². The van der Waals surface area contributed by atoms with Gasteiger partial charge >= 0.3 is 0 Å². The van der Waals surface area contributed by atoms with Crippen LogP contribution in [-0.4, -0.2) is 36.6 Å². The molecular formula is C15H27NO2. The molecule has 104 valence electrons. The van der Waals surface area contributed by atoms with Crippen molar-refractivity contribution in [1.82, 2.24) is 4.90 Å². The Morgan fingerprint density at radius 2 is 2.33 bits per heavy atom. The van der Waals surface area contributed by atoms with Crippen LogP contribution in [0.15, 0.2) is 12.7 Å². The Kier molecular flexibility index (Phi) is 7.02. The molecule has 3 nitrogen and oxygen atoms in total. The van der Waals surface area contributed by atoms with E-state index in [1.807, 2.05) is 6.08 Å². The SMILES string of the molecule is C=CCC(C)C1CCCN1C(=O)CCOCCC. The standard InChI is InChI=1S/C15H27NO2/c1-4-7-13(3)14-8-6-10-16(14)15(17)9-12-18-11-5-2/h4,13-14H,1,5-12H2,2-3H3. The summed E-state index contributed by atoms with van der Waals surface area (Å²) in [4.78, 5) is 14.2. The quantitative estimate of drug-likeness (QED) is 0.491. The lowest BCUT2D eigenvalue weighted by molar-refractivity contribution is -0.134. The number of likely N-dealkylation sites (tertiary alicyclic amines) is 1. The predicted molar refractivity (Wildman–Crippen MR) is 74.4 cm³/mol. The van der Waals surface area contributed by atoms with Crippen molar-refractivity contribution < 1.29 is 9.53 Å². The van der Waals surface area contributed by atoms with Crippen LogP contribution in [0, 0.1) is 5.92 Å². The van der Waals surface area contributed by atoms with Crippen LogP contribution in [0.1, 0.15) is 46.0 Å². The lowest BCUT2D eigenvalue weighted by atomic mass is 9.96. The summed E-state index contributed by atoms with van der Waals surface area (Å²) >= 11 is 0. The third kappa shape index (κ3) is 4.45. The van der Waals surface area contributed by atoms with Crippen molar-refractivity contribution in [3.05, 3.63) is 12.7 Å². The Morgan fingerprint density at radius 3 is 3.00 bits per heavy atom. The van der Waals surface area contributed by atoms with Crippen LogP contribution in [-0.2, 0) is 9.53 Å². The van der Waals surface area contributed by atoms with Crippen LogP contribution in [0.3, 0.4) is 0 Å². The molecule has 0 aliphatic carbocycles. The van der Waals surface area contributed by atoms with Crippen LogP contribution < -0.4 is 0 Å². The highest BCUT2D eigenvalue weighted by molar-refractivity contribution is 5.77. The predicted octanol–water partition coefficient (Wildman–Crippen LogP) is 3.01. The number of ether oxygens (including phenoxy) is 1. The second kappa shape index (κ2) is 8.30. The average molecular weight is 253 g/mol. The number of amides is 1. The zero-order chi connectivity index (χ0) is 13.4. The van der Waals surface area contributed by atoms with Gasteiger partial charge in [0, 0.05) is 19.2 Å². The van der Waals surface area contributed by atoms with E-state index in [0.717, 1.165) is 38.8 Å². The maximum atomic E-state index is 12.1. The van der Waals surface area contributed by atoms with Crippen LogP contribution in [0.2, 0.25) is 0 Å². The molecular weight excluding hydrogens is 226 g/mol. The van der Waals surface area contributed by atoms with Gasteiger partial charge in [-0.25, -0.2) is 0 Å². The molecule has 0 aromatic heterocycles. The molecule has 2 atom stereocenters. The van der Waals surface area contributed by atoms with Gasteiger partial charge in [0.2, 0.25) is 5.91 Å². The molecule has 18 heavy (non-hydrogen) atoms. The Labute approximate surface area is 111 Å². The number of carbonyl (C=O) groups is 1. The summed E-state index contributed by atoms with van der Waals surface area (Å²) in [6.45, 7) is 10.3. The lowest BCUT2D eigenvalue weighted by Crippen LogP contribution is -2.39. The molecule has 1 saturated heterocycles. The van der Waals surface area contributed by atoms with Gasteiger partial charge in [0.15, 0.2) is 0 Å². The monoisotopic (exact) mass is 253 g/mol. The highest BCUT2D eigenvalue weighted by Crippen LogP contribution is 2.26. The maximum Gasteiger partial charge on any atom is 0.225 e.